The summed E-state index contributed by atoms with van der Waals surface area (Å²) in [6.07, 6.45) is 3.36. The van der Waals surface area contributed by atoms with E-state index < -0.39 is 8.60 Å². The van der Waals surface area contributed by atoms with Gasteiger partial charge in [0, 0.05) is 16.5 Å². The highest BCUT2D eigenvalue weighted by molar-refractivity contribution is 7.42. The molecule has 0 saturated carbocycles. The van der Waals surface area contributed by atoms with Gasteiger partial charge in [0.2, 0.25) is 0 Å². The van der Waals surface area contributed by atoms with E-state index in [4.69, 9.17) is 13.6 Å². The Morgan fingerprint density at radius 3 is 1.63 bits per heavy atom. The van der Waals surface area contributed by atoms with Crippen molar-refractivity contribution in [1.29, 1.82) is 0 Å². The zero-order valence-corrected chi connectivity index (χ0v) is 22.3. The van der Waals surface area contributed by atoms with Crippen molar-refractivity contribution in [2.24, 2.45) is 5.41 Å². The van der Waals surface area contributed by atoms with Gasteiger partial charge in [0.05, 0.1) is 13.2 Å². The lowest BCUT2D eigenvalue weighted by Gasteiger charge is -2.39. The van der Waals surface area contributed by atoms with Crippen LogP contribution in [0.1, 0.15) is 112 Å². The van der Waals surface area contributed by atoms with Crippen LogP contribution in [-0.2, 0) is 25.3 Å². The van der Waals surface area contributed by atoms with Gasteiger partial charge in [0.15, 0.2) is 0 Å². The molecule has 3 nitrogen and oxygen atoms in total. The fourth-order valence-electron chi connectivity index (χ4n) is 3.92. The first-order valence-corrected chi connectivity index (χ1v) is 12.7. The summed E-state index contributed by atoms with van der Waals surface area (Å²) < 4.78 is 19.0. The highest BCUT2D eigenvalue weighted by Gasteiger charge is 2.39. The van der Waals surface area contributed by atoms with Gasteiger partial charge in [-0.25, -0.2) is 0 Å². The van der Waals surface area contributed by atoms with E-state index in [1.54, 1.807) is 0 Å². The molecular formula is C26H45O3P. The molecular weight excluding hydrogens is 391 g/mol. The van der Waals surface area contributed by atoms with Crippen LogP contribution >= 0.6 is 8.60 Å². The summed E-state index contributed by atoms with van der Waals surface area (Å²) in [6, 6.07) is 4.66. The molecule has 0 radical (unpaired) electrons. The fraction of sp³-hybridized carbons (Fsp3) is 0.769. The van der Waals surface area contributed by atoms with E-state index in [2.05, 4.69) is 88.3 Å². The fourth-order valence-corrected chi connectivity index (χ4v) is 5.20. The van der Waals surface area contributed by atoms with Crippen molar-refractivity contribution in [1.82, 2.24) is 0 Å². The lowest BCUT2D eigenvalue weighted by molar-refractivity contribution is 0.00873. The molecule has 0 aromatic heterocycles. The second kappa shape index (κ2) is 9.08. The van der Waals surface area contributed by atoms with Crippen LogP contribution in [0, 0.1) is 5.41 Å². The molecule has 1 aliphatic heterocycles. The van der Waals surface area contributed by atoms with E-state index in [0.717, 1.165) is 38.2 Å². The SMILES string of the molecule is CCCC1(CC)COP(Oc2c(C(C)(C)C)cc(C(C)(C)C)cc2C(C)(C)C)OC1. The first-order valence-electron chi connectivity index (χ1n) is 11.6. The lowest BCUT2D eigenvalue weighted by Crippen LogP contribution is -2.34. The zero-order chi connectivity index (χ0) is 23.0. The van der Waals surface area contributed by atoms with Crippen molar-refractivity contribution >= 4 is 8.60 Å². The van der Waals surface area contributed by atoms with Crippen molar-refractivity contribution < 1.29 is 13.6 Å². The molecule has 0 bridgehead atoms. The van der Waals surface area contributed by atoms with Crippen LogP contribution in [0.3, 0.4) is 0 Å². The summed E-state index contributed by atoms with van der Waals surface area (Å²) >= 11 is 0. The summed E-state index contributed by atoms with van der Waals surface area (Å²) in [5, 5.41) is 0. The minimum atomic E-state index is -1.39. The molecule has 1 fully saturated rings. The van der Waals surface area contributed by atoms with Gasteiger partial charge in [-0.2, -0.15) is 0 Å². The van der Waals surface area contributed by atoms with Crippen molar-refractivity contribution in [3.63, 3.8) is 0 Å². The number of rotatable bonds is 5. The predicted octanol–water partition coefficient (Wildman–Crippen LogP) is 8.43. The zero-order valence-electron chi connectivity index (χ0n) is 21.4. The van der Waals surface area contributed by atoms with Crippen LogP contribution in [0.15, 0.2) is 12.1 Å². The molecule has 0 amide bonds. The van der Waals surface area contributed by atoms with Crippen molar-refractivity contribution in [2.75, 3.05) is 13.2 Å². The van der Waals surface area contributed by atoms with Crippen molar-refractivity contribution in [3.05, 3.63) is 28.8 Å². The quantitative estimate of drug-likeness (QED) is 0.433. The van der Waals surface area contributed by atoms with Crippen LogP contribution in [0.4, 0.5) is 0 Å². The van der Waals surface area contributed by atoms with Gasteiger partial charge in [0.25, 0.3) is 0 Å². The second-order valence-corrected chi connectivity index (χ2v) is 13.3. The summed E-state index contributed by atoms with van der Waals surface area (Å²) in [7, 11) is -1.39. The minimum absolute atomic E-state index is 0.0445. The van der Waals surface area contributed by atoms with Crippen LogP contribution < -0.4 is 4.52 Å². The molecule has 1 aromatic carbocycles. The Balaban J connectivity index is 2.46. The highest BCUT2D eigenvalue weighted by Crippen LogP contribution is 2.53. The number of benzene rings is 1. The molecule has 0 atom stereocenters. The molecule has 0 aliphatic carbocycles. The Morgan fingerprint density at radius 1 is 0.833 bits per heavy atom. The van der Waals surface area contributed by atoms with Gasteiger partial charge >= 0.3 is 8.60 Å². The Morgan fingerprint density at radius 2 is 1.30 bits per heavy atom. The molecule has 4 heteroatoms. The minimum Gasteiger partial charge on any atom is -0.426 e. The standard InChI is InChI=1S/C26H45O3P/c1-12-14-26(13-2)17-27-30(28-18-26)29-22-20(24(6,7)8)15-19(23(3,4)5)16-21(22)25(9,10)11/h15-16H,12-14,17-18H2,1-11H3. The highest BCUT2D eigenvalue weighted by atomic mass is 31.2. The van der Waals surface area contributed by atoms with Gasteiger partial charge in [-0.15, -0.1) is 0 Å². The molecule has 0 spiro atoms. The first-order chi connectivity index (χ1) is 13.6. The third kappa shape index (κ3) is 5.99. The Hall–Kier alpha value is -0.630. The molecule has 2 rings (SSSR count). The maximum absolute atomic E-state index is 6.57. The van der Waals surface area contributed by atoms with Gasteiger partial charge in [0.1, 0.15) is 5.75 Å². The maximum atomic E-state index is 6.57. The molecule has 1 aliphatic rings. The largest absolute Gasteiger partial charge is 0.426 e. The predicted molar refractivity (Wildman–Crippen MR) is 130 cm³/mol. The van der Waals surface area contributed by atoms with Crippen molar-refractivity contribution in [3.8, 4) is 5.75 Å². The molecule has 1 aromatic rings. The smallest absolute Gasteiger partial charge is 0.397 e. The van der Waals surface area contributed by atoms with Crippen LogP contribution in [0.2, 0.25) is 0 Å². The summed E-state index contributed by atoms with van der Waals surface area (Å²) in [6.45, 7) is 26.3. The van der Waals surface area contributed by atoms with Crippen LogP contribution in [0.5, 0.6) is 5.75 Å². The van der Waals surface area contributed by atoms with E-state index >= 15 is 0 Å². The van der Waals surface area contributed by atoms with Crippen LogP contribution in [-0.4, -0.2) is 13.2 Å². The molecule has 0 N–H and O–H groups in total. The average molecular weight is 437 g/mol. The first kappa shape index (κ1) is 25.6. The second-order valence-electron chi connectivity index (χ2n) is 12.1. The number of hydrogen-bond acceptors (Lipinski definition) is 3. The molecule has 0 unspecified atom stereocenters. The van der Waals surface area contributed by atoms with E-state index in [1.807, 2.05) is 0 Å². The summed E-state index contributed by atoms with van der Waals surface area (Å²) in [5.41, 5.74) is 3.92. The topological polar surface area (TPSA) is 27.7 Å². The molecule has 172 valence electrons. The summed E-state index contributed by atoms with van der Waals surface area (Å²) in [4.78, 5) is 0. The third-order valence-corrected chi connectivity index (χ3v) is 7.23. The van der Waals surface area contributed by atoms with Crippen molar-refractivity contribution in [2.45, 2.75) is 112 Å². The number of hydrogen-bond donors (Lipinski definition) is 0. The molecule has 1 heterocycles. The Bertz CT molecular complexity index is 676. The van der Waals surface area contributed by atoms with Gasteiger partial charge in [-0.05, 0) is 34.7 Å². The molecule has 1 saturated heterocycles. The molecule has 30 heavy (non-hydrogen) atoms. The van der Waals surface area contributed by atoms with Crippen LogP contribution in [0.25, 0.3) is 0 Å². The normalized spacial score (nSPS) is 23.5. The van der Waals surface area contributed by atoms with Gasteiger partial charge in [-0.1, -0.05) is 94.7 Å². The van der Waals surface area contributed by atoms with E-state index in [9.17, 15) is 0 Å². The average Bonchev–Trinajstić information content (AvgIpc) is 2.61. The Kier molecular flexibility index (Phi) is 7.76. The van der Waals surface area contributed by atoms with E-state index in [0.29, 0.717) is 0 Å². The third-order valence-electron chi connectivity index (χ3n) is 6.22. The van der Waals surface area contributed by atoms with E-state index in [-0.39, 0.29) is 21.7 Å². The maximum Gasteiger partial charge on any atom is 0.397 e. The monoisotopic (exact) mass is 436 g/mol. The lowest BCUT2D eigenvalue weighted by atomic mass is 9.75. The Labute approximate surface area is 187 Å². The van der Waals surface area contributed by atoms with Gasteiger partial charge < -0.3 is 13.6 Å². The van der Waals surface area contributed by atoms with Gasteiger partial charge in [-0.3, -0.25) is 0 Å². The summed E-state index contributed by atoms with van der Waals surface area (Å²) in [5.74, 6) is 0.952. The van der Waals surface area contributed by atoms with E-state index in [1.165, 1.54) is 16.7 Å².